The fourth-order valence-electron chi connectivity index (χ4n) is 1.31. The van der Waals surface area contributed by atoms with E-state index in [0.29, 0.717) is 6.61 Å². The van der Waals surface area contributed by atoms with Crippen molar-refractivity contribution >= 4 is 10.9 Å². The monoisotopic (exact) mass is 191 g/mol. The predicted molar refractivity (Wildman–Crippen MR) is 52.9 cm³/mol. The van der Waals surface area contributed by atoms with Crippen molar-refractivity contribution in [3.05, 3.63) is 36.1 Å². The lowest BCUT2D eigenvalue weighted by atomic mass is 10.2. The van der Waals surface area contributed by atoms with E-state index in [1.165, 1.54) is 6.07 Å². The van der Waals surface area contributed by atoms with E-state index in [2.05, 4.69) is 4.98 Å². The van der Waals surface area contributed by atoms with Crippen LogP contribution in [0.5, 0.6) is 5.88 Å². The minimum atomic E-state index is -0.412. The first-order valence-electron chi connectivity index (χ1n) is 4.49. The van der Waals surface area contributed by atoms with Crippen LogP contribution in [0.2, 0.25) is 0 Å². The third kappa shape index (κ3) is 1.53. The SMILES string of the molecule is CCOc1nc2ccccc2cc1F. The second-order valence-corrected chi connectivity index (χ2v) is 2.90. The Bertz CT molecular complexity index is 456. The molecule has 3 heteroatoms. The van der Waals surface area contributed by atoms with Gasteiger partial charge in [-0.2, -0.15) is 0 Å². The highest BCUT2D eigenvalue weighted by Gasteiger charge is 2.06. The van der Waals surface area contributed by atoms with Crippen molar-refractivity contribution in [1.29, 1.82) is 0 Å². The Morgan fingerprint density at radius 3 is 2.93 bits per heavy atom. The number of fused-ring (bicyclic) bond motifs is 1. The lowest BCUT2D eigenvalue weighted by Gasteiger charge is -2.04. The summed E-state index contributed by atoms with van der Waals surface area (Å²) in [6.45, 7) is 2.22. The summed E-state index contributed by atoms with van der Waals surface area (Å²) < 4.78 is 18.4. The van der Waals surface area contributed by atoms with Crippen molar-refractivity contribution in [2.24, 2.45) is 0 Å². The molecule has 2 aromatic rings. The summed E-state index contributed by atoms with van der Waals surface area (Å²) in [6.07, 6.45) is 0. The normalized spacial score (nSPS) is 10.4. The second-order valence-electron chi connectivity index (χ2n) is 2.90. The largest absolute Gasteiger partial charge is 0.476 e. The Hall–Kier alpha value is -1.64. The minimum Gasteiger partial charge on any atom is -0.476 e. The molecule has 0 saturated heterocycles. The molecule has 72 valence electrons. The van der Waals surface area contributed by atoms with Gasteiger partial charge in [-0.25, -0.2) is 9.37 Å². The molecule has 1 aromatic carbocycles. The molecular weight excluding hydrogens is 181 g/mol. The van der Waals surface area contributed by atoms with Crippen molar-refractivity contribution in [3.8, 4) is 5.88 Å². The van der Waals surface area contributed by atoms with E-state index in [0.717, 1.165) is 10.9 Å². The summed E-state index contributed by atoms with van der Waals surface area (Å²) in [5, 5.41) is 0.786. The molecule has 0 aliphatic carbocycles. The van der Waals surface area contributed by atoms with Gasteiger partial charge in [0.15, 0.2) is 5.82 Å². The van der Waals surface area contributed by atoms with Gasteiger partial charge in [0.05, 0.1) is 12.1 Å². The first-order chi connectivity index (χ1) is 6.81. The van der Waals surface area contributed by atoms with Crippen LogP contribution < -0.4 is 4.74 Å². The standard InChI is InChI=1S/C11H10FNO/c1-2-14-11-9(12)7-8-5-3-4-6-10(8)13-11/h3-7H,2H2,1H3. The van der Waals surface area contributed by atoms with Gasteiger partial charge in [0.2, 0.25) is 0 Å². The third-order valence-electron chi connectivity index (χ3n) is 1.93. The maximum absolute atomic E-state index is 13.3. The smallest absolute Gasteiger partial charge is 0.250 e. The number of benzene rings is 1. The molecular formula is C11H10FNO. The van der Waals surface area contributed by atoms with Gasteiger partial charge in [0.1, 0.15) is 0 Å². The molecule has 2 nitrogen and oxygen atoms in total. The van der Waals surface area contributed by atoms with Gasteiger partial charge in [-0.05, 0) is 19.1 Å². The van der Waals surface area contributed by atoms with Crippen molar-refractivity contribution < 1.29 is 9.13 Å². The van der Waals surface area contributed by atoms with Crippen LogP contribution in [-0.2, 0) is 0 Å². The summed E-state index contributed by atoms with van der Waals surface area (Å²) in [4.78, 5) is 4.07. The fraction of sp³-hybridized carbons (Fsp3) is 0.182. The number of hydrogen-bond acceptors (Lipinski definition) is 2. The number of halogens is 1. The van der Waals surface area contributed by atoms with E-state index < -0.39 is 5.82 Å². The molecule has 2 rings (SSSR count). The molecule has 1 heterocycles. The summed E-state index contributed by atoms with van der Waals surface area (Å²) in [5.74, 6) is -0.336. The van der Waals surface area contributed by atoms with Crippen molar-refractivity contribution in [2.75, 3.05) is 6.61 Å². The van der Waals surface area contributed by atoms with Crippen LogP contribution in [0.25, 0.3) is 10.9 Å². The number of pyridine rings is 1. The minimum absolute atomic E-state index is 0.0752. The van der Waals surface area contributed by atoms with Gasteiger partial charge >= 0.3 is 0 Å². The maximum atomic E-state index is 13.3. The van der Waals surface area contributed by atoms with E-state index >= 15 is 0 Å². The van der Waals surface area contributed by atoms with Gasteiger partial charge in [-0.15, -0.1) is 0 Å². The zero-order valence-corrected chi connectivity index (χ0v) is 7.83. The average molecular weight is 191 g/mol. The molecule has 0 aliphatic heterocycles. The van der Waals surface area contributed by atoms with Crippen LogP contribution in [-0.4, -0.2) is 11.6 Å². The topological polar surface area (TPSA) is 22.1 Å². The highest BCUT2D eigenvalue weighted by atomic mass is 19.1. The van der Waals surface area contributed by atoms with Gasteiger partial charge in [-0.3, -0.25) is 0 Å². The number of para-hydroxylation sites is 1. The molecule has 0 radical (unpaired) electrons. The average Bonchev–Trinajstić information content (AvgIpc) is 2.19. The van der Waals surface area contributed by atoms with Gasteiger partial charge in [-0.1, -0.05) is 18.2 Å². The molecule has 0 fully saturated rings. The molecule has 0 atom stereocenters. The fourth-order valence-corrected chi connectivity index (χ4v) is 1.31. The number of nitrogens with zero attached hydrogens (tertiary/aromatic N) is 1. The quantitative estimate of drug-likeness (QED) is 0.728. The number of aromatic nitrogens is 1. The number of ether oxygens (including phenoxy) is 1. The van der Waals surface area contributed by atoms with E-state index in [4.69, 9.17) is 4.74 Å². The lowest BCUT2D eigenvalue weighted by Crippen LogP contribution is -1.97. The summed E-state index contributed by atoms with van der Waals surface area (Å²) in [7, 11) is 0. The first kappa shape index (κ1) is 8.94. The van der Waals surface area contributed by atoms with Crippen LogP contribution in [0, 0.1) is 5.82 Å². The van der Waals surface area contributed by atoms with Crippen LogP contribution in [0.3, 0.4) is 0 Å². The van der Waals surface area contributed by atoms with Crippen LogP contribution in [0.4, 0.5) is 4.39 Å². The van der Waals surface area contributed by atoms with E-state index in [-0.39, 0.29) is 5.88 Å². The number of hydrogen-bond donors (Lipinski definition) is 0. The zero-order chi connectivity index (χ0) is 9.97. The van der Waals surface area contributed by atoms with Crippen molar-refractivity contribution in [1.82, 2.24) is 4.98 Å². The Kier molecular flexibility index (Phi) is 2.31. The Morgan fingerprint density at radius 1 is 1.36 bits per heavy atom. The van der Waals surface area contributed by atoms with Gasteiger partial charge < -0.3 is 4.74 Å². The van der Waals surface area contributed by atoms with E-state index in [9.17, 15) is 4.39 Å². The summed E-state index contributed by atoms with van der Waals surface area (Å²) >= 11 is 0. The Labute approximate surface area is 81.3 Å². The Morgan fingerprint density at radius 2 is 2.14 bits per heavy atom. The highest BCUT2D eigenvalue weighted by molar-refractivity contribution is 5.78. The molecule has 0 spiro atoms. The molecule has 0 bridgehead atoms. The maximum Gasteiger partial charge on any atom is 0.250 e. The molecule has 0 saturated carbocycles. The Balaban J connectivity index is 2.59. The molecule has 1 aromatic heterocycles. The van der Waals surface area contributed by atoms with Gasteiger partial charge in [0, 0.05) is 5.39 Å². The zero-order valence-electron chi connectivity index (χ0n) is 7.83. The predicted octanol–water partition coefficient (Wildman–Crippen LogP) is 2.77. The molecule has 14 heavy (non-hydrogen) atoms. The molecule has 0 aliphatic rings. The van der Waals surface area contributed by atoms with Crippen LogP contribution in [0.15, 0.2) is 30.3 Å². The van der Waals surface area contributed by atoms with E-state index in [1.807, 2.05) is 24.3 Å². The summed E-state index contributed by atoms with van der Waals surface area (Å²) in [5.41, 5.74) is 0.748. The van der Waals surface area contributed by atoms with Gasteiger partial charge in [0.25, 0.3) is 5.88 Å². The second kappa shape index (κ2) is 3.62. The highest BCUT2D eigenvalue weighted by Crippen LogP contribution is 2.20. The molecule has 0 N–H and O–H groups in total. The molecule has 0 amide bonds. The van der Waals surface area contributed by atoms with Crippen molar-refractivity contribution in [2.45, 2.75) is 6.92 Å². The molecule has 0 unspecified atom stereocenters. The first-order valence-corrected chi connectivity index (χ1v) is 4.49. The van der Waals surface area contributed by atoms with Crippen LogP contribution >= 0.6 is 0 Å². The summed E-state index contributed by atoms with van der Waals surface area (Å²) in [6, 6.07) is 8.80. The van der Waals surface area contributed by atoms with Crippen LogP contribution in [0.1, 0.15) is 6.92 Å². The van der Waals surface area contributed by atoms with Crippen molar-refractivity contribution in [3.63, 3.8) is 0 Å². The van der Waals surface area contributed by atoms with E-state index in [1.54, 1.807) is 6.92 Å². The number of rotatable bonds is 2. The lowest BCUT2D eigenvalue weighted by molar-refractivity contribution is 0.309. The third-order valence-corrected chi connectivity index (χ3v) is 1.93.